The highest BCUT2D eigenvalue weighted by molar-refractivity contribution is 6.06. The number of nitrogens with zero attached hydrogens (tertiary/aromatic N) is 1. The summed E-state index contributed by atoms with van der Waals surface area (Å²) in [6, 6.07) is 13.2. The predicted molar refractivity (Wildman–Crippen MR) is 110 cm³/mol. The van der Waals surface area contributed by atoms with Crippen LogP contribution in [-0.2, 0) is 9.59 Å². The third-order valence-corrected chi connectivity index (χ3v) is 6.51. The molecule has 2 fully saturated rings. The van der Waals surface area contributed by atoms with Crippen LogP contribution in [0.4, 0.5) is 10.5 Å². The minimum Gasteiger partial charge on any atom is -0.336 e. The molecule has 29 heavy (non-hydrogen) atoms. The molecule has 1 saturated carbocycles. The van der Waals surface area contributed by atoms with Crippen LogP contribution in [0.25, 0.3) is 10.8 Å². The lowest BCUT2D eigenvalue weighted by Crippen LogP contribution is -2.40. The molecular weight excluding hydrogens is 366 g/mol. The fourth-order valence-corrected chi connectivity index (χ4v) is 5.14. The zero-order valence-corrected chi connectivity index (χ0v) is 16.0. The highest BCUT2D eigenvalue weighted by Crippen LogP contribution is 2.49. The number of nitrogens with one attached hydrogen (secondary N) is 2. The Balaban J connectivity index is 1.20. The van der Waals surface area contributed by atoms with E-state index in [2.05, 4.69) is 22.8 Å². The van der Waals surface area contributed by atoms with Crippen molar-refractivity contribution in [3.63, 3.8) is 0 Å². The van der Waals surface area contributed by atoms with Crippen molar-refractivity contribution in [1.29, 1.82) is 0 Å². The Morgan fingerprint density at radius 3 is 2.28 bits per heavy atom. The maximum atomic E-state index is 12.8. The van der Waals surface area contributed by atoms with Crippen LogP contribution in [0.1, 0.15) is 12.8 Å². The van der Waals surface area contributed by atoms with E-state index in [1.165, 1.54) is 4.90 Å². The number of carbonyl (C=O) groups is 3. The third-order valence-electron chi connectivity index (χ3n) is 6.51. The normalized spacial score (nSPS) is 27.4. The van der Waals surface area contributed by atoms with Crippen LogP contribution in [0, 0.1) is 23.7 Å². The molecule has 1 heterocycles. The van der Waals surface area contributed by atoms with E-state index in [0.29, 0.717) is 0 Å². The summed E-state index contributed by atoms with van der Waals surface area (Å²) in [5, 5.41) is 7.64. The van der Waals surface area contributed by atoms with Crippen molar-refractivity contribution in [3.8, 4) is 0 Å². The highest BCUT2D eigenvalue weighted by Gasteiger charge is 2.56. The van der Waals surface area contributed by atoms with Crippen LogP contribution in [0.5, 0.6) is 0 Å². The Kier molecular flexibility index (Phi) is 4.34. The van der Waals surface area contributed by atoms with E-state index in [9.17, 15) is 14.4 Å². The fraction of sp³-hybridized carbons (Fsp3) is 0.348. The van der Waals surface area contributed by atoms with Gasteiger partial charge in [-0.15, -0.1) is 0 Å². The van der Waals surface area contributed by atoms with Gasteiger partial charge in [0.1, 0.15) is 0 Å². The monoisotopic (exact) mass is 389 g/mol. The molecule has 3 aliphatic carbocycles. The van der Waals surface area contributed by atoms with Gasteiger partial charge in [-0.25, -0.2) is 4.79 Å². The number of imide groups is 1. The summed E-state index contributed by atoms with van der Waals surface area (Å²) in [6.45, 7) is 0.448. The van der Waals surface area contributed by atoms with Crippen molar-refractivity contribution < 1.29 is 14.4 Å². The van der Waals surface area contributed by atoms with Crippen molar-refractivity contribution in [2.24, 2.45) is 23.7 Å². The molecule has 6 nitrogen and oxygen atoms in total. The maximum Gasteiger partial charge on any atom is 0.319 e. The molecular formula is C23H23N3O3. The van der Waals surface area contributed by atoms with Crippen LogP contribution in [0.3, 0.4) is 0 Å². The van der Waals surface area contributed by atoms with Crippen molar-refractivity contribution >= 4 is 34.3 Å². The summed E-state index contributed by atoms with van der Waals surface area (Å²) in [4.78, 5) is 39.3. The van der Waals surface area contributed by atoms with Gasteiger partial charge in [-0.3, -0.25) is 14.5 Å². The van der Waals surface area contributed by atoms with Gasteiger partial charge >= 0.3 is 6.03 Å². The van der Waals surface area contributed by atoms with Crippen molar-refractivity contribution in [1.82, 2.24) is 10.2 Å². The number of hydrogen-bond acceptors (Lipinski definition) is 3. The summed E-state index contributed by atoms with van der Waals surface area (Å²) < 4.78 is 0. The number of urea groups is 1. The standard InChI is InChI=1S/C23H23N3O3/c27-21-19-15-8-9-16(11-10-15)20(19)22(28)26(21)13-12-24-23(29)25-18-7-3-5-14-4-1-2-6-17(14)18/h1-9,15-16,19-20H,10-13H2,(H2,24,25,29)/t15-,16-,19-,20-/m0/s1. The lowest BCUT2D eigenvalue weighted by molar-refractivity contribution is -0.140. The molecule has 2 bridgehead atoms. The molecule has 1 aliphatic heterocycles. The molecule has 4 atom stereocenters. The largest absolute Gasteiger partial charge is 0.336 e. The summed E-state index contributed by atoms with van der Waals surface area (Å²) in [5.41, 5.74) is 0.725. The molecule has 0 aromatic heterocycles. The summed E-state index contributed by atoms with van der Waals surface area (Å²) >= 11 is 0. The van der Waals surface area contributed by atoms with E-state index in [4.69, 9.17) is 0 Å². The summed E-state index contributed by atoms with van der Waals surface area (Å²) in [5.74, 6) is -0.166. The van der Waals surface area contributed by atoms with Crippen LogP contribution in [0.15, 0.2) is 54.6 Å². The van der Waals surface area contributed by atoms with Crippen molar-refractivity contribution in [3.05, 3.63) is 54.6 Å². The summed E-state index contributed by atoms with van der Waals surface area (Å²) in [6.07, 6.45) is 6.20. The summed E-state index contributed by atoms with van der Waals surface area (Å²) in [7, 11) is 0. The second-order valence-corrected chi connectivity index (χ2v) is 8.08. The number of hydrogen-bond donors (Lipinski definition) is 2. The first-order valence-electron chi connectivity index (χ1n) is 10.2. The Hall–Kier alpha value is -3.15. The van der Waals surface area contributed by atoms with Gasteiger partial charge < -0.3 is 10.6 Å². The third kappa shape index (κ3) is 2.99. The lowest BCUT2D eigenvalue weighted by atomic mass is 9.63. The van der Waals surface area contributed by atoms with E-state index in [1.54, 1.807) is 0 Å². The molecule has 2 N–H and O–H groups in total. The molecule has 6 rings (SSSR count). The van der Waals surface area contributed by atoms with E-state index < -0.39 is 0 Å². The minimum absolute atomic E-state index is 0.0738. The molecule has 0 unspecified atom stereocenters. The Labute approximate surface area is 168 Å². The van der Waals surface area contributed by atoms with Crippen LogP contribution in [-0.4, -0.2) is 35.8 Å². The first kappa shape index (κ1) is 17.9. The molecule has 4 amide bonds. The second kappa shape index (κ2) is 7.03. The van der Waals surface area contributed by atoms with Gasteiger partial charge in [-0.2, -0.15) is 0 Å². The number of carbonyl (C=O) groups excluding carboxylic acids is 3. The zero-order chi connectivity index (χ0) is 20.0. The van der Waals surface area contributed by atoms with Gasteiger partial charge in [0.25, 0.3) is 0 Å². The minimum atomic E-state index is -0.348. The smallest absolute Gasteiger partial charge is 0.319 e. The number of benzene rings is 2. The van der Waals surface area contributed by atoms with Gasteiger partial charge in [0.2, 0.25) is 11.8 Å². The number of allylic oxidation sites excluding steroid dienone is 2. The molecule has 1 saturated heterocycles. The molecule has 6 heteroatoms. The Morgan fingerprint density at radius 1 is 0.931 bits per heavy atom. The van der Waals surface area contributed by atoms with Gasteiger partial charge in [-0.05, 0) is 36.1 Å². The quantitative estimate of drug-likeness (QED) is 0.623. The second-order valence-electron chi connectivity index (χ2n) is 8.08. The van der Waals surface area contributed by atoms with Crippen molar-refractivity contribution in [2.45, 2.75) is 12.8 Å². The highest BCUT2D eigenvalue weighted by atomic mass is 16.2. The van der Waals surface area contributed by atoms with Crippen LogP contribution >= 0.6 is 0 Å². The number of fused-ring (bicyclic) bond motifs is 2. The number of anilines is 1. The van der Waals surface area contributed by atoms with Gasteiger partial charge in [0, 0.05) is 18.5 Å². The Morgan fingerprint density at radius 2 is 1.59 bits per heavy atom. The van der Waals surface area contributed by atoms with E-state index in [1.807, 2.05) is 42.5 Å². The molecule has 2 aromatic carbocycles. The fourth-order valence-electron chi connectivity index (χ4n) is 5.14. The maximum absolute atomic E-state index is 12.8. The molecule has 148 valence electrons. The first-order valence-corrected chi connectivity index (χ1v) is 10.2. The first-order chi connectivity index (χ1) is 14.1. The SMILES string of the molecule is O=C(NCCN1C(=O)[C@@H]2[C@@H](C1=O)[C@H]1C=C[C@H]2CC1)Nc1cccc2ccccc12. The number of amides is 4. The average Bonchev–Trinajstić information content (AvgIpc) is 3.02. The average molecular weight is 389 g/mol. The number of likely N-dealkylation sites (tertiary alicyclic amines) is 1. The van der Waals surface area contributed by atoms with Crippen LogP contribution in [0.2, 0.25) is 0 Å². The van der Waals surface area contributed by atoms with E-state index in [-0.39, 0.29) is 54.6 Å². The zero-order valence-electron chi connectivity index (χ0n) is 16.0. The van der Waals surface area contributed by atoms with Crippen molar-refractivity contribution in [2.75, 3.05) is 18.4 Å². The van der Waals surface area contributed by atoms with Gasteiger partial charge in [0.15, 0.2) is 0 Å². The van der Waals surface area contributed by atoms with Crippen LogP contribution < -0.4 is 10.6 Å². The Bertz CT molecular complexity index is 994. The molecule has 2 aromatic rings. The van der Waals surface area contributed by atoms with Gasteiger partial charge in [0.05, 0.1) is 17.5 Å². The molecule has 0 spiro atoms. The lowest BCUT2D eigenvalue weighted by Gasteiger charge is -2.38. The predicted octanol–water partition coefficient (Wildman–Crippen LogP) is 3.16. The number of rotatable bonds is 4. The van der Waals surface area contributed by atoms with Gasteiger partial charge in [-0.1, -0.05) is 48.6 Å². The van der Waals surface area contributed by atoms with E-state index in [0.717, 1.165) is 29.3 Å². The topological polar surface area (TPSA) is 78.5 Å². The van der Waals surface area contributed by atoms with E-state index >= 15 is 0 Å². The molecule has 4 aliphatic rings. The molecule has 0 radical (unpaired) electrons.